The number of carbonyl (C=O) groups excluding carboxylic acids is 3. The summed E-state index contributed by atoms with van der Waals surface area (Å²) in [6, 6.07) is 7.82. The molecule has 0 spiro atoms. The molecule has 3 aromatic rings. The van der Waals surface area contributed by atoms with E-state index in [1.165, 1.54) is 6.07 Å². The zero-order valence-electron chi connectivity index (χ0n) is 24.1. The second kappa shape index (κ2) is 15.5. The van der Waals surface area contributed by atoms with Crippen molar-refractivity contribution in [2.75, 3.05) is 16.4 Å². The largest absolute Gasteiger partial charge is 0.444 e. The van der Waals surface area contributed by atoms with E-state index in [0.717, 1.165) is 36.4 Å². The van der Waals surface area contributed by atoms with Crippen LogP contribution in [0.2, 0.25) is 0 Å². The SMILES string of the molecule is CC(C)(C)OC(=O)Nc1ccc(F)c(C=O)c1F.CC(C)(C)OC(=O)Nc1ccc(F)cc1F.Nc1ccc(F)cc1F. The van der Waals surface area contributed by atoms with Crippen molar-refractivity contribution in [3.63, 3.8) is 0 Å². The van der Waals surface area contributed by atoms with E-state index < -0.39 is 63.9 Å². The maximum atomic E-state index is 13.6. The summed E-state index contributed by atoms with van der Waals surface area (Å²) in [5.74, 6) is -4.98. The highest BCUT2D eigenvalue weighted by atomic mass is 19.2. The third-order valence-electron chi connectivity index (χ3n) is 4.41. The molecular weight excluding hydrogens is 584 g/mol. The molecule has 43 heavy (non-hydrogen) atoms. The van der Waals surface area contributed by atoms with Gasteiger partial charge in [0.2, 0.25) is 0 Å². The number of nitrogen functional groups attached to an aromatic ring is 1. The normalized spacial score (nSPS) is 10.7. The van der Waals surface area contributed by atoms with Gasteiger partial charge in [0.25, 0.3) is 0 Å². The first-order valence-corrected chi connectivity index (χ1v) is 12.3. The molecule has 0 bridgehead atoms. The number of nitrogens with two attached hydrogens (primary N) is 1. The molecule has 3 aromatic carbocycles. The number of aldehydes is 1. The smallest absolute Gasteiger partial charge is 0.412 e. The summed E-state index contributed by atoms with van der Waals surface area (Å²) < 4.78 is 86.4. The lowest BCUT2D eigenvalue weighted by Gasteiger charge is -2.19. The average molecular weight is 616 g/mol. The Morgan fingerprint density at radius 3 is 1.53 bits per heavy atom. The van der Waals surface area contributed by atoms with Crippen LogP contribution in [0.5, 0.6) is 0 Å². The van der Waals surface area contributed by atoms with Gasteiger partial charge in [-0.25, -0.2) is 35.9 Å². The van der Waals surface area contributed by atoms with Crippen LogP contribution in [-0.2, 0) is 9.47 Å². The van der Waals surface area contributed by atoms with Gasteiger partial charge in [-0.1, -0.05) is 0 Å². The zero-order chi connectivity index (χ0) is 33.1. The van der Waals surface area contributed by atoms with E-state index in [4.69, 9.17) is 15.2 Å². The molecule has 234 valence electrons. The van der Waals surface area contributed by atoms with Crippen LogP contribution in [0.3, 0.4) is 0 Å². The summed E-state index contributed by atoms with van der Waals surface area (Å²) in [6.07, 6.45) is -1.62. The molecule has 0 unspecified atom stereocenters. The molecule has 0 saturated heterocycles. The number of halogens is 6. The highest BCUT2D eigenvalue weighted by Crippen LogP contribution is 2.21. The minimum Gasteiger partial charge on any atom is -0.444 e. The van der Waals surface area contributed by atoms with Gasteiger partial charge in [-0.05, 0) is 77.9 Å². The van der Waals surface area contributed by atoms with E-state index >= 15 is 0 Å². The molecule has 0 atom stereocenters. The van der Waals surface area contributed by atoms with Crippen molar-refractivity contribution in [1.29, 1.82) is 0 Å². The number of rotatable bonds is 3. The van der Waals surface area contributed by atoms with Gasteiger partial charge in [0.1, 0.15) is 40.3 Å². The van der Waals surface area contributed by atoms with Crippen LogP contribution in [0.25, 0.3) is 0 Å². The Morgan fingerprint density at radius 2 is 1.12 bits per heavy atom. The zero-order valence-corrected chi connectivity index (χ0v) is 24.1. The summed E-state index contributed by atoms with van der Waals surface area (Å²) in [6.45, 7) is 9.99. The van der Waals surface area contributed by atoms with Crippen LogP contribution in [0.15, 0.2) is 48.5 Å². The molecular formula is C29H31F6N3O5. The fourth-order valence-corrected chi connectivity index (χ4v) is 2.69. The molecule has 0 heterocycles. The van der Waals surface area contributed by atoms with Gasteiger partial charge in [-0.2, -0.15) is 0 Å². The monoisotopic (exact) mass is 615 g/mol. The molecule has 0 aromatic heterocycles. The van der Waals surface area contributed by atoms with Gasteiger partial charge in [0, 0.05) is 12.1 Å². The Kier molecular flexibility index (Phi) is 13.1. The first-order valence-electron chi connectivity index (χ1n) is 12.3. The Morgan fingerprint density at radius 1 is 0.674 bits per heavy atom. The highest BCUT2D eigenvalue weighted by Gasteiger charge is 2.20. The number of nitrogens with one attached hydrogen (secondary N) is 2. The number of anilines is 3. The maximum absolute atomic E-state index is 13.6. The van der Waals surface area contributed by atoms with Crippen LogP contribution < -0.4 is 16.4 Å². The topological polar surface area (TPSA) is 120 Å². The molecule has 14 heteroatoms. The summed E-state index contributed by atoms with van der Waals surface area (Å²) >= 11 is 0. The molecule has 0 radical (unpaired) electrons. The van der Waals surface area contributed by atoms with Gasteiger partial charge in [-0.3, -0.25) is 15.4 Å². The molecule has 0 aliphatic carbocycles. The number of hydrogen-bond donors (Lipinski definition) is 3. The van der Waals surface area contributed by atoms with E-state index in [2.05, 4.69) is 10.6 Å². The van der Waals surface area contributed by atoms with Crippen LogP contribution in [0.4, 0.5) is 53.0 Å². The van der Waals surface area contributed by atoms with E-state index in [1.807, 2.05) is 0 Å². The molecule has 2 amide bonds. The van der Waals surface area contributed by atoms with Gasteiger partial charge in [0.05, 0.1) is 22.6 Å². The van der Waals surface area contributed by atoms with Gasteiger partial charge in [0.15, 0.2) is 12.1 Å². The molecule has 0 aliphatic heterocycles. The van der Waals surface area contributed by atoms with Crippen molar-refractivity contribution in [2.45, 2.75) is 52.7 Å². The van der Waals surface area contributed by atoms with E-state index in [0.29, 0.717) is 6.07 Å². The number of hydrogen-bond acceptors (Lipinski definition) is 6. The summed E-state index contributed by atoms with van der Waals surface area (Å²) in [5.41, 5.74) is 2.45. The van der Waals surface area contributed by atoms with Gasteiger partial charge >= 0.3 is 12.2 Å². The average Bonchev–Trinajstić information content (AvgIpc) is 2.84. The molecule has 3 rings (SSSR count). The summed E-state index contributed by atoms with van der Waals surface area (Å²) in [4.78, 5) is 33.1. The van der Waals surface area contributed by atoms with E-state index in [-0.39, 0.29) is 23.3 Å². The van der Waals surface area contributed by atoms with Crippen LogP contribution in [0.1, 0.15) is 51.9 Å². The molecule has 0 aliphatic rings. The predicted molar refractivity (Wildman–Crippen MR) is 149 cm³/mol. The molecule has 0 fully saturated rings. The van der Waals surface area contributed by atoms with Crippen molar-refractivity contribution in [2.24, 2.45) is 0 Å². The second-order valence-electron chi connectivity index (χ2n) is 10.5. The first-order chi connectivity index (χ1) is 19.7. The van der Waals surface area contributed by atoms with Crippen LogP contribution >= 0.6 is 0 Å². The van der Waals surface area contributed by atoms with Crippen molar-refractivity contribution < 1.29 is 50.2 Å². The lowest BCUT2D eigenvalue weighted by Crippen LogP contribution is -2.27. The quantitative estimate of drug-likeness (QED) is 0.156. The first kappa shape index (κ1) is 36.3. The minimum absolute atomic E-state index is 0.0311. The Labute approximate surface area is 244 Å². The standard InChI is InChI=1S/C12H13F2NO3.C11H13F2NO2.C6H5F2N/c1-12(2,3)18-11(17)15-9-5-4-8(13)7(6-16)10(9)14;1-11(2,3)16-10(15)14-9-5-4-7(12)6-8(9)13;7-4-1-2-6(9)5(8)3-4/h4-6H,1-3H3,(H,15,17);4-6H,1-3H3,(H,14,15);1-3H,9H2. The second-order valence-corrected chi connectivity index (χ2v) is 10.5. The van der Waals surface area contributed by atoms with Crippen molar-refractivity contribution in [1.82, 2.24) is 0 Å². The summed E-state index contributed by atoms with van der Waals surface area (Å²) in [5, 5.41) is 4.30. The minimum atomic E-state index is -1.13. The van der Waals surface area contributed by atoms with Crippen LogP contribution in [-0.4, -0.2) is 29.7 Å². The van der Waals surface area contributed by atoms with Crippen molar-refractivity contribution >= 4 is 35.5 Å². The Hall–Kier alpha value is -4.75. The fourth-order valence-electron chi connectivity index (χ4n) is 2.69. The van der Waals surface area contributed by atoms with Crippen molar-refractivity contribution in [3.8, 4) is 0 Å². The van der Waals surface area contributed by atoms with Crippen LogP contribution in [0, 0.1) is 34.9 Å². The third kappa shape index (κ3) is 13.6. The molecule has 0 saturated carbocycles. The fraction of sp³-hybridized carbons (Fsp3) is 0.276. The van der Waals surface area contributed by atoms with Gasteiger partial charge in [-0.15, -0.1) is 0 Å². The highest BCUT2D eigenvalue weighted by molar-refractivity contribution is 5.87. The maximum Gasteiger partial charge on any atom is 0.412 e. The number of carbonyl (C=O) groups is 3. The molecule has 4 N–H and O–H groups in total. The van der Waals surface area contributed by atoms with E-state index in [9.17, 15) is 40.7 Å². The Bertz CT molecular complexity index is 1440. The Balaban J connectivity index is 0.000000339. The van der Waals surface area contributed by atoms with Gasteiger partial charge < -0.3 is 15.2 Å². The number of benzene rings is 3. The van der Waals surface area contributed by atoms with E-state index in [1.54, 1.807) is 41.5 Å². The third-order valence-corrected chi connectivity index (χ3v) is 4.41. The number of ether oxygens (including phenoxy) is 2. The van der Waals surface area contributed by atoms with Crippen molar-refractivity contribution in [3.05, 3.63) is 89.0 Å². The predicted octanol–water partition coefficient (Wildman–Crippen LogP) is 7.98. The number of amides is 2. The summed E-state index contributed by atoms with van der Waals surface area (Å²) in [7, 11) is 0. The lowest BCUT2D eigenvalue weighted by atomic mass is 10.2. The molecule has 8 nitrogen and oxygen atoms in total. The lowest BCUT2D eigenvalue weighted by molar-refractivity contribution is 0.0624.